The Morgan fingerprint density at radius 2 is 2.44 bits per heavy atom. The average Bonchev–Trinajstić information content (AvgIpc) is 2.84. The zero-order valence-corrected chi connectivity index (χ0v) is 11.0. The normalized spacial score (nSPS) is 20.6. The van der Waals surface area contributed by atoms with Crippen molar-refractivity contribution in [2.45, 2.75) is 26.3 Å². The van der Waals surface area contributed by atoms with Crippen LogP contribution in [0.25, 0.3) is 0 Å². The Balaban J connectivity index is 2.31. The highest BCUT2D eigenvalue weighted by Gasteiger charge is 2.29. The molecule has 1 aromatic heterocycles. The predicted octanol–water partition coefficient (Wildman–Crippen LogP) is 2.45. The average molecular weight is 287 g/mol. The van der Waals surface area contributed by atoms with Gasteiger partial charge in [0.15, 0.2) is 5.78 Å². The summed E-state index contributed by atoms with van der Waals surface area (Å²) in [5.41, 5.74) is 0.672. The first-order valence-electron chi connectivity index (χ1n) is 5.46. The van der Waals surface area contributed by atoms with Crippen molar-refractivity contribution in [3.05, 3.63) is 16.4 Å². The number of ketones is 1. The molecular weight excluding hydrogens is 272 g/mol. The van der Waals surface area contributed by atoms with Gasteiger partial charge in [-0.2, -0.15) is 5.10 Å². The molecule has 0 saturated carbocycles. The van der Waals surface area contributed by atoms with Gasteiger partial charge < -0.3 is 4.74 Å². The van der Waals surface area contributed by atoms with E-state index in [1.54, 1.807) is 10.9 Å². The van der Waals surface area contributed by atoms with Gasteiger partial charge in [0.2, 0.25) is 0 Å². The van der Waals surface area contributed by atoms with Crippen molar-refractivity contribution < 1.29 is 9.53 Å². The minimum absolute atomic E-state index is 0.00880. The van der Waals surface area contributed by atoms with E-state index in [9.17, 15) is 4.79 Å². The lowest BCUT2D eigenvalue weighted by atomic mass is 10.0. The molecule has 0 aromatic carbocycles. The topological polar surface area (TPSA) is 44.1 Å². The van der Waals surface area contributed by atoms with Crippen LogP contribution in [0.15, 0.2) is 10.7 Å². The van der Waals surface area contributed by atoms with E-state index in [0.29, 0.717) is 18.9 Å². The maximum Gasteiger partial charge on any atom is 0.187 e. The van der Waals surface area contributed by atoms with Crippen LogP contribution in [0.1, 0.15) is 36.8 Å². The zero-order valence-electron chi connectivity index (χ0n) is 9.44. The quantitative estimate of drug-likeness (QED) is 0.802. The molecule has 2 rings (SSSR count). The third-order valence-corrected chi connectivity index (χ3v) is 3.35. The Kier molecular flexibility index (Phi) is 3.44. The number of hydrogen-bond acceptors (Lipinski definition) is 3. The molecule has 5 heteroatoms. The summed E-state index contributed by atoms with van der Waals surface area (Å²) in [6.45, 7) is 5.25. The van der Waals surface area contributed by atoms with E-state index in [0.717, 1.165) is 10.9 Å². The minimum Gasteiger partial charge on any atom is -0.381 e. The molecule has 0 radical (unpaired) electrons. The highest BCUT2D eigenvalue weighted by atomic mass is 79.9. The van der Waals surface area contributed by atoms with Gasteiger partial charge in [-0.1, -0.05) is 0 Å². The SMILES string of the molecule is CC(C)n1ncc(Br)c1C(=O)C1CCOC1. The van der Waals surface area contributed by atoms with Crippen molar-refractivity contribution >= 4 is 21.7 Å². The highest BCUT2D eigenvalue weighted by molar-refractivity contribution is 9.10. The van der Waals surface area contributed by atoms with E-state index in [1.165, 1.54) is 0 Å². The summed E-state index contributed by atoms with van der Waals surface area (Å²) in [5, 5.41) is 4.22. The second kappa shape index (κ2) is 4.67. The van der Waals surface area contributed by atoms with Crippen LogP contribution >= 0.6 is 15.9 Å². The van der Waals surface area contributed by atoms with Crippen LogP contribution < -0.4 is 0 Å². The van der Waals surface area contributed by atoms with Crippen LogP contribution in [0.4, 0.5) is 0 Å². The van der Waals surface area contributed by atoms with Crippen molar-refractivity contribution in [1.82, 2.24) is 9.78 Å². The molecule has 2 heterocycles. The van der Waals surface area contributed by atoms with Crippen LogP contribution in [0.3, 0.4) is 0 Å². The number of halogens is 1. The van der Waals surface area contributed by atoms with Gasteiger partial charge in [-0.15, -0.1) is 0 Å². The third kappa shape index (κ3) is 2.06. The number of Topliss-reactive ketones (excluding diaryl/α,β-unsaturated/α-hetero) is 1. The molecule has 1 saturated heterocycles. The summed E-state index contributed by atoms with van der Waals surface area (Å²) < 4.78 is 7.80. The lowest BCUT2D eigenvalue weighted by Crippen LogP contribution is -2.20. The summed E-state index contributed by atoms with van der Waals surface area (Å²) in [5.74, 6) is 0.126. The fraction of sp³-hybridized carbons (Fsp3) is 0.636. The summed E-state index contributed by atoms with van der Waals surface area (Å²) in [6, 6.07) is 0.188. The molecule has 0 aliphatic carbocycles. The van der Waals surface area contributed by atoms with Crippen LogP contribution in [-0.4, -0.2) is 28.8 Å². The molecule has 1 atom stereocenters. The molecule has 0 amide bonds. The van der Waals surface area contributed by atoms with Gasteiger partial charge in [-0.05, 0) is 36.2 Å². The second-order valence-corrected chi connectivity index (χ2v) is 5.16. The molecule has 1 unspecified atom stereocenters. The van der Waals surface area contributed by atoms with E-state index >= 15 is 0 Å². The van der Waals surface area contributed by atoms with Crippen LogP contribution in [0, 0.1) is 5.92 Å². The first kappa shape index (κ1) is 11.8. The van der Waals surface area contributed by atoms with Crippen LogP contribution in [-0.2, 0) is 4.74 Å². The van der Waals surface area contributed by atoms with Crippen molar-refractivity contribution in [1.29, 1.82) is 0 Å². The Morgan fingerprint density at radius 3 is 3.00 bits per heavy atom. The molecule has 0 N–H and O–H groups in total. The lowest BCUT2D eigenvalue weighted by molar-refractivity contribution is 0.0886. The summed E-state index contributed by atoms with van der Waals surface area (Å²) in [6.07, 6.45) is 2.50. The lowest BCUT2D eigenvalue weighted by Gasteiger charge is -2.13. The molecule has 0 bridgehead atoms. The number of carbonyl (C=O) groups excluding carboxylic acids is 1. The predicted molar refractivity (Wildman–Crippen MR) is 63.6 cm³/mol. The van der Waals surface area contributed by atoms with Gasteiger partial charge in [0, 0.05) is 18.6 Å². The zero-order chi connectivity index (χ0) is 11.7. The molecule has 1 fully saturated rings. The van der Waals surface area contributed by atoms with Crippen molar-refractivity contribution in [3.63, 3.8) is 0 Å². The fourth-order valence-electron chi connectivity index (χ4n) is 1.90. The standard InChI is InChI=1S/C11H15BrN2O2/c1-7(2)14-10(9(12)5-13-14)11(15)8-3-4-16-6-8/h5,7-8H,3-4,6H2,1-2H3. The van der Waals surface area contributed by atoms with E-state index < -0.39 is 0 Å². The maximum atomic E-state index is 12.3. The summed E-state index contributed by atoms with van der Waals surface area (Å²) in [4.78, 5) is 12.3. The van der Waals surface area contributed by atoms with Crippen LogP contribution in [0.5, 0.6) is 0 Å². The molecule has 88 valence electrons. The van der Waals surface area contributed by atoms with E-state index in [4.69, 9.17) is 4.74 Å². The van der Waals surface area contributed by atoms with Crippen molar-refractivity contribution in [2.24, 2.45) is 5.92 Å². The third-order valence-electron chi connectivity index (χ3n) is 2.77. The Morgan fingerprint density at radius 1 is 1.69 bits per heavy atom. The monoisotopic (exact) mass is 286 g/mol. The van der Waals surface area contributed by atoms with Gasteiger partial charge in [0.1, 0.15) is 5.69 Å². The van der Waals surface area contributed by atoms with Crippen molar-refractivity contribution in [3.8, 4) is 0 Å². The minimum atomic E-state index is -0.00880. The maximum absolute atomic E-state index is 12.3. The number of aromatic nitrogens is 2. The van der Waals surface area contributed by atoms with E-state index in [1.807, 2.05) is 13.8 Å². The molecule has 1 aliphatic rings. The number of nitrogens with zero attached hydrogens (tertiary/aromatic N) is 2. The molecule has 0 spiro atoms. The highest BCUT2D eigenvalue weighted by Crippen LogP contribution is 2.25. The number of hydrogen-bond donors (Lipinski definition) is 0. The Bertz CT molecular complexity index is 395. The number of ether oxygens (including phenoxy) is 1. The number of carbonyl (C=O) groups is 1. The van der Waals surface area contributed by atoms with E-state index in [2.05, 4.69) is 21.0 Å². The van der Waals surface area contributed by atoms with E-state index in [-0.39, 0.29) is 17.7 Å². The molecule has 1 aliphatic heterocycles. The Hall–Kier alpha value is -0.680. The van der Waals surface area contributed by atoms with Gasteiger partial charge in [-0.25, -0.2) is 0 Å². The van der Waals surface area contributed by atoms with Gasteiger partial charge in [0.25, 0.3) is 0 Å². The van der Waals surface area contributed by atoms with Gasteiger partial charge in [0.05, 0.1) is 17.3 Å². The molecule has 16 heavy (non-hydrogen) atoms. The molecule has 4 nitrogen and oxygen atoms in total. The van der Waals surface area contributed by atoms with Gasteiger partial charge in [-0.3, -0.25) is 9.48 Å². The first-order chi connectivity index (χ1) is 7.61. The Labute approximate surface area is 103 Å². The largest absolute Gasteiger partial charge is 0.381 e. The molecule has 1 aromatic rings. The second-order valence-electron chi connectivity index (χ2n) is 4.30. The van der Waals surface area contributed by atoms with Crippen LogP contribution in [0.2, 0.25) is 0 Å². The summed E-state index contributed by atoms with van der Waals surface area (Å²) in [7, 11) is 0. The van der Waals surface area contributed by atoms with Gasteiger partial charge >= 0.3 is 0 Å². The number of rotatable bonds is 3. The first-order valence-corrected chi connectivity index (χ1v) is 6.25. The summed E-state index contributed by atoms with van der Waals surface area (Å²) >= 11 is 3.39. The fourth-order valence-corrected chi connectivity index (χ4v) is 2.37. The smallest absolute Gasteiger partial charge is 0.187 e. The molecular formula is C11H15BrN2O2. The van der Waals surface area contributed by atoms with Crippen molar-refractivity contribution in [2.75, 3.05) is 13.2 Å².